The van der Waals surface area contributed by atoms with Crippen LogP contribution in [0.5, 0.6) is 0 Å². The van der Waals surface area contributed by atoms with Crippen molar-refractivity contribution >= 4 is 31.9 Å². The fourth-order valence-electron chi connectivity index (χ4n) is 2.58. The molecule has 0 saturated carbocycles. The lowest BCUT2D eigenvalue weighted by atomic mass is 9.96. The summed E-state index contributed by atoms with van der Waals surface area (Å²) in [6.45, 7) is 2.21. The zero-order valence-corrected chi connectivity index (χ0v) is 12.3. The fourth-order valence-corrected chi connectivity index (χ4v) is 4.00. The number of hydrogen-bond acceptors (Lipinski definition) is 2. The normalized spacial score (nSPS) is 34.1. The molecule has 0 fully saturated rings. The maximum absolute atomic E-state index is 12.1. The number of allylic oxidation sites excluding steroid dienone is 2. The van der Waals surface area contributed by atoms with Crippen molar-refractivity contribution in [2.75, 3.05) is 0 Å². The molecule has 3 heterocycles. The van der Waals surface area contributed by atoms with Crippen LogP contribution in [-0.4, -0.2) is 23.6 Å². The van der Waals surface area contributed by atoms with E-state index in [4.69, 9.17) is 0 Å². The zero-order valence-electron chi connectivity index (χ0n) is 9.09. The maximum Gasteiger partial charge on any atom is 0.347 e. The minimum absolute atomic E-state index is 0.0997. The topological polar surface area (TPSA) is 48.9 Å². The van der Waals surface area contributed by atoms with Gasteiger partial charge < -0.3 is 0 Å². The number of nitrogens with zero attached hydrogens (tertiary/aromatic N) is 3. The van der Waals surface area contributed by atoms with Gasteiger partial charge in [-0.3, -0.25) is 0 Å². The molecule has 5 nitrogen and oxygen atoms in total. The highest BCUT2D eigenvalue weighted by molar-refractivity contribution is 9.12. The van der Waals surface area contributed by atoms with E-state index >= 15 is 0 Å². The monoisotopic (exact) mass is 363 g/mol. The van der Waals surface area contributed by atoms with Crippen molar-refractivity contribution in [2.24, 2.45) is 0 Å². The molecule has 0 aromatic carbocycles. The van der Waals surface area contributed by atoms with Crippen molar-refractivity contribution in [2.45, 2.75) is 35.2 Å². The first-order chi connectivity index (χ1) is 8.07. The van der Waals surface area contributed by atoms with E-state index in [9.17, 15) is 9.59 Å². The molecule has 2 bridgehead atoms. The Morgan fingerprint density at radius 3 is 1.82 bits per heavy atom. The number of rotatable bonds is 1. The Hall–Kier alpha value is -0.560. The quantitative estimate of drug-likeness (QED) is 0.552. The Bertz CT molecular complexity index is 563. The van der Waals surface area contributed by atoms with Gasteiger partial charge in [-0.05, 0) is 6.92 Å². The van der Waals surface area contributed by atoms with Crippen molar-refractivity contribution in [1.29, 1.82) is 0 Å². The Kier molecular flexibility index (Phi) is 2.52. The molecule has 92 valence electrons. The van der Waals surface area contributed by atoms with E-state index in [0.29, 0.717) is 6.54 Å². The van der Waals surface area contributed by atoms with E-state index in [0.717, 1.165) is 0 Å². The van der Waals surface area contributed by atoms with Crippen molar-refractivity contribution in [3.63, 3.8) is 0 Å². The number of aromatic nitrogens is 3. The molecular weight excluding hydrogens is 354 g/mol. The van der Waals surface area contributed by atoms with Gasteiger partial charge in [0, 0.05) is 6.54 Å². The smallest absolute Gasteiger partial charge is 0.246 e. The predicted octanol–water partition coefficient (Wildman–Crippen LogP) is 1.02. The van der Waals surface area contributed by atoms with Crippen LogP contribution in [-0.2, 0) is 6.54 Å². The molecular formula is C10H11Br2N3O2. The molecule has 7 heteroatoms. The molecule has 4 atom stereocenters. The number of halogens is 2. The average Bonchev–Trinajstić information content (AvgIpc) is 2.58. The minimum atomic E-state index is -0.222. The highest BCUT2D eigenvalue weighted by Gasteiger charge is 2.44. The van der Waals surface area contributed by atoms with Crippen LogP contribution >= 0.6 is 31.9 Å². The summed E-state index contributed by atoms with van der Waals surface area (Å²) >= 11 is 7.18. The second-order valence-corrected chi connectivity index (χ2v) is 6.37. The first-order valence-corrected chi connectivity index (χ1v) is 7.31. The summed E-state index contributed by atoms with van der Waals surface area (Å²) in [6, 6.07) is -0.199. The van der Waals surface area contributed by atoms with E-state index in [-0.39, 0.29) is 33.1 Å². The second-order valence-electron chi connectivity index (χ2n) is 4.25. The van der Waals surface area contributed by atoms with Crippen LogP contribution in [0.2, 0.25) is 0 Å². The largest absolute Gasteiger partial charge is 0.347 e. The molecule has 0 N–H and O–H groups in total. The second kappa shape index (κ2) is 3.71. The number of hydrogen-bond donors (Lipinski definition) is 0. The van der Waals surface area contributed by atoms with E-state index in [1.54, 1.807) is 9.36 Å². The van der Waals surface area contributed by atoms with Crippen LogP contribution in [0.25, 0.3) is 0 Å². The molecule has 4 rings (SSSR count). The van der Waals surface area contributed by atoms with Gasteiger partial charge in [0.25, 0.3) is 0 Å². The van der Waals surface area contributed by atoms with Gasteiger partial charge in [-0.1, -0.05) is 44.0 Å². The SMILES string of the molecule is CCn1c(=O)n2n(c1=O)[C@H]1C=C[C@H]2[C@@H](Br)[C@@H]1Br. The van der Waals surface area contributed by atoms with Gasteiger partial charge in [0.15, 0.2) is 0 Å². The molecule has 17 heavy (non-hydrogen) atoms. The van der Waals surface area contributed by atoms with E-state index in [2.05, 4.69) is 31.9 Å². The van der Waals surface area contributed by atoms with Crippen LogP contribution in [0, 0.1) is 0 Å². The third-order valence-corrected chi connectivity index (χ3v) is 6.36. The van der Waals surface area contributed by atoms with Crippen molar-refractivity contribution in [3.05, 3.63) is 33.1 Å². The summed E-state index contributed by atoms with van der Waals surface area (Å²) < 4.78 is 4.40. The van der Waals surface area contributed by atoms with Gasteiger partial charge in [-0.15, -0.1) is 0 Å². The van der Waals surface area contributed by atoms with Crippen LogP contribution in [0.4, 0.5) is 0 Å². The molecule has 0 spiro atoms. The third kappa shape index (κ3) is 1.29. The summed E-state index contributed by atoms with van der Waals surface area (Å²) in [5.74, 6) is 0. The van der Waals surface area contributed by atoms with Gasteiger partial charge in [0.2, 0.25) is 0 Å². The zero-order chi connectivity index (χ0) is 12.3. The number of alkyl halides is 2. The Labute approximate surface area is 114 Å². The van der Waals surface area contributed by atoms with Gasteiger partial charge in [0.05, 0.1) is 21.7 Å². The van der Waals surface area contributed by atoms with Crippen LogP contribution in [0.3, 0.4) is 0 Å². The molecule has 0 radical (unpaired) electrons. The third-order valence-electron chi connectivity index (χ3n) is 3.43. The summed E-state index contributed by atoms with van der Waals surface area (Å²) in [5.41, 5.74) is -0.443. The Balaban J connectivity index is 2.35. The summed E-state index contributed by atoms with van der Waals surface area (Å²) in [5, 5.41) is 0. The highest BCUT2D eigenvalue weighted by atomic mass is 79.9. The van der Waals surface area contributed by atoms with Gasteiger partial charge in [0.1, 0.15) is 0 Å². The molecule has 2 aliphatic heterocycles. The lowest BCUT2D eigenvalue weighted by molar-refractivity contribution is 0.278. The van der Waals surface area contributed by atoms with Crippen molar-refractivity contribution < 1.29 is 0 Å². The molecule has 1 aromatic heterocycles. The maximum atomic E-state index is 12.1. The van der Waals surface area contributed by atoms with Gasteiger partial charge >= 0.3 is 11.4 Å². The van der Waals surface area contributed by atoms with Gasteiger partial charge in [-0.2, -0.15) is 0 Å². The lowest BCUT2D eigenvalue weighted by Crippen LogP contribution is -2.50. The Morgan fingerprint density at radius 1 is 1.06 bits per heavy atom. The summed E-state index contributed by atoms with van der Waals surface area (Å²) in [6.07, 6.45) is 3.98. The van der Waals surface area contributed by atoms with Gasteiger partial charge in [-0.25, -0.2) is 23.5 Å². The molecule has 1 aliphatic carbocycles. The molecule has 1 aromatic rings. The molecule has 0 unspecified atom stereocenters. The fraction of sp³-hybridized carbons (Fsp3) is 0.600. The lowest BCUT2D eigenvalue weighted by Gasteiger charge is -2.40. The summed E-state index contributed by atoms with van der Waals surface area (Å²) in [4.78, 5) is 24.5. The average molecular weight is 365 g/mol. The highest BCUT2D eigenvalue weighted by Crippen LogP contribution is 2.41. The first kappa shape index (κ1) is 11.5. The minimum Gasteiger partial charge on any atom is -0.246 e. The molecule has 0 amide bonds. The first-order valence-electron chi connectivity index (χ1n) is 5.48. The van der Waals surface area contributed by atoms with E-state index in [1.807, 2.05) is 19.1 Å². The standard InChI is InChI=1S/C10H11Br2N3O2/c1-2-13-9(16)14-5-3-4-6(8(12)7(5)11)15(14)10(13)17/h3-8H,2H2,1H3/t5-,6-,7+,8+/m0/s1. The van der Waals surface area contributed by atoms with Crippen molar-refractivity contribution in [3.8, 4) is 0 Å². The van der Waals surface area contributed by atoms with Crippen LogP contribution < -0.4 is 11.4 Å². The van der Waals surface area contributed by atoms with E-state index < -0.39 is 0 Å². The molecule has 0 saturated heterocycles. The van der Waals surface area contributed by atoms with E-state index in [1.165, 1.54) is 4.57 Å². The van der Waals surface area contributed by atoms with Crippen molar-refractivity contribution in [1.82, 2.24) is 13.9 Å². The molecule has 3 aliphatic rings. The van der Waals surface area contributed by atoms with Crippen LogP contribution in [0.1, 0.15) is 19.0 Å². The Morgan fingerprint density at radius 2 is 1.47 bits per heavy atom. The predicted molar refractivity (Wildman–Crippen MR) is 71.3 cm³/mol. The van der Waals surface area contributed by atoms with Crippen LogP contribution in [0.15, 0.2) is 21.7 Å². The number of fused-ring (bicyclic) bond motifs is 1. The summed E-state index contributed by atoms with van der Waals surface area (Å²) in [7, 11) is 0.